The van der Waals surface area contributed by atoms with Crippen molar-refractivity contribution in [3.63, 3.8) is 0 Å². The van der Waals surface area contributed by atoms with Crippen molar-refractivity contribution in [2.45, 2.75) is 32.1 Å². The second-order valence-corrected chi connectivity index (χ2v) is 4.22. The van der Waals surface area contributed by atoms with Crippen LogP contribution >= 0.6 is 11.6 Å². The summed E-state index contributed by atoms with van der Waals surface area (Å²) < 4.78 is 0. The lowest BCUT2D eigenvalue weighted by atomic mass is 9.84. The van der Waals surface area contributed by atoms with Gasteiger partial charge in [-0.3, -0.25) is 14.9 Å². The zero-order chi connectivity index (χ0) is 12.0. The molecule has 4 heteroatoms. The van der Waals surface area contributed by atoms with Gasteiger partial charge in [0.25, 0.3) is 11.8 Å². The lowest BCUT2D eigenvalue weighted by Gasteiger charge is -2.21. The molecule has 2 amide bonds. The van der Waals surface area contributed by atoms with Gasteiger partial charge in [-0.1, -0.05) is 37.4 Å². The Morgan fingerprint density at radius 3 is 2.31 bits per heavy atom. The number of hydrogen-bond donors (Lipinski definition) is 1. The molecule has 0 saturated heterocycles. The van der Waals surface area contributed by atoms with Crippen molar-refractivity contribution in [2.24, 2.45) is 5.92 Å². The van der Waals surface area contributed by atoms with E-state index in [0.29, 0.717) is 11.5 Å². The molecule has 1 fully saturated rings. The number of imide groups is 1. The highest BCUT2D eigenvalue weighted by atomic mass is 35.5. The van der Waals surface area contributed by atoms with Crippen LogP contribution in [0.5, 0.6) is 0 Å². The Labute approximate surface area is 101 Å². The van der Waals surface area contributed by atoms with Crippen molar-refractivity contribution in [2.75, 3.05) is 0 Å². The molecule has 0 atom stereocenters. The second-order valence-electron chi connectivity index (χ2n) is 3.91. The van der Waals surface area contributed by atoms with Crippen molar-refractivity contribution < 1.29 is 9.59 Å². The summed E-state index contributed by atoms with van der Waals surface area (Å²) in [6.45, 7) is 3.13. The van der Waals surface area contributed by atoms with Gasteiger partial charge in [0, 0.05) is 11.6 Å². The number of amides is 2. The Bertz CT molecular complexity index is 317. The van der Waals surface area contributed by atoms with E-state index < -0.39 is 0 Å². The van der Waals surface area contributed by atoms with Crippen LogP contribution in [-0.4, -0.2) is 11.8 Å². The maximum atomic E-state index is 11.3. The first-order valence-corrected chi connectivity index (χ1v) is 5.90. The molecule has 0 radical (unpaired) electrons. The van der Waals surface area contributed by atoms with Gasteiger partial charge in [0.2, 0.25) is 0 Å². The van der Waals surface area contributed by atoms with Gasteiger partial charge in [-0.2, -0.15) is 0 Å². The van der Waals surface area contributed by atoms with Gasteiger partial charge in [0.05, 0.1) is 0 Å². The average molecular weight is 242 g/mol. The minimum Gasteiger partial charge on any atom is -0.289 e. The quantitative estimate of drug-likeness (QED) is 0.717. The average Bonchev–Trinajstić information content (AvgIpc) is 2.60. The molecule has 1 N–H and O–H groups in total. The highest BCUT2D eigenvalue weighted by molar-refractivity contribution is 6.25. The van der Waals surface area contributed by atoms with Crippen LogP contribution in [0.3, 0.4) is 0 Å². The second kappa shape index (κ2) is 6.48. The molecule has 2 rings (SSSR count). The summed E-state index contributed by atoms with van der Waals surface area (Å²) in [5.74, 6) is -0.0809. The van der Waals surface area contributed by atoms with Gasteiger partial charge in [0.15, 0.2) is 0 Å². The van der Waals surface area contributed by atoms with Crippen LogP contribution < -0.4 is 5.32 Å². The lowest BCUT2D eigenvalue weighted by molar-refractivity contribution is -0.124. The minimum absolute atomic E-state index is 0.170. The highest BCUT2D eigenvalue weighted by Gasteiger charge is 2.28. The van der Waals surface area contributed by atoms with Crippen LogP contribution in [0.1, 0.15) is 32.1 Å². The monoisotopic (exact) mass is 241 g/mol. The van der Waals surface area contributed by atoms with E-state index in [0.717, 1.165) is 12.8 Å². The number of carbonyl (C=O) groups is 2. The molecular formula is C12H16ClNO2. The molecular weight excluding hydrogens is 226 g/mol. The first kappa shape index (κ1) is 13.0. The molecule has 3 nitrogen and oxygen atoms in total. The molecule has 1 aliphatic carbocycles. The van der Waals surface area contributed by atoms with E-state index in [9.17, 15) is 9.59 Å². The third-order valence-electron chi connectivity index (χ3n) is 2.83. The smallest absolute Gasteiger partial charge is 0.254 e. The number of nitrogens with one attached hydrogen (secondary N) is 1. The summed E-state index contributed by atoms with van der Waals surface area (Å²) in [5, 5.41) is 2.29. The summed E-state index contributed by atoms with van der Waals surface area (Å²) in [4.78, 5) is 22.2. The molecule has 1 aliphatic heterocycles. The fourth-order valence-corrected chi connectivity index (χ4v) is 2.14. The third kappa shape index (κ3) is 3.49. The molecule has 0 bridgehead atoms. The predicted molar refractivity (Wildman–Crippen MR) is 63.9 cm³/mol. The maximum absolute atomic E-state index is 11.3. The van der Waals surface area contributed by atoms with E-state index in [1.807, 2.05) is 0 Å². The van der Waals surface area contributed by atoms with E-state index in [2.05, 4.69) is 11.9 Å². The number of hydrogen-bond acceptors (Lipinski definition) is 2. The summed E-state index contributed by atoms with van der Waals surface area (Å²) >= 11 is 4.76. The Balaban J connectivity index is 0.000000386. The van der Waals surface area contributed by atoms with Crippen LogP contribution in [0, 0.1) is 5.92 Å². The molecule has 0 aromatic rings. The normalized spacial score (nSPS) is 20.7. The molecule has 0 aromatic carbocycles. The first-order chi connectivity index (χ1) is 7.69. The molecule has 0 aromatic heterocycles. The summed E-state index contributed by atoms with van der Waals surface area (Å²) in [6, 6.07) is 0. The van der Waals surface area contributed by atoms with Crippen molar-refractivity contribution in [3.8, 4) is 0 Å². The molecule has 0 unspecified atom stereocenters. The topological polar surface area (TPSA) is 46.2 Å². The Morgan fingerprint density at radius 2 is 1.88 bits per heavy atom. The fraction of sp³-hybridized carbons (Fsp3) is 0.500. The standard InChI is InChI=1S/C10H13NO2.C2H3Cl/c12-9-6-8(10(13)11-9)7-4-2-1-3-5-7;1-2-3/h6-7H,1-5H2,(H,11,12,13);2H,1H2. The van der Waals surface area contributed by atoms with Crippen molar-refractivity contribution in [1.82, 2.24) is 5.32 Å². The van der Waals surface area contributed by atoms with Gasteiger partial charge in [0.1, 0.15) is 0 Å². The Morgan fingerprint density at radius 1 is 1.31 bits per heavy atom. The lowest BCUT2D eigenvalue weighted by Crippen LogP contribution is -2.24. The SMILES string of the molecule is C=CCl.O=C1C=C(C2CCCCC2)C(=O)N1. The van der Waals surface area contributed by atoms with Gasteiger partial charge >= 0.3 is 0 Å². The highest BCUT2D eigenvalue weighted by Crippen LogP contribution is 2.30. The summed E-state index contributed by atoms with van der Waals surface area (Å²) in [6.07, 6.45) is 7.23. The number of halogens is 1. The Hall–Kier alpha value is -1.09. The zero-order valence-corrected chi connectivity index (χ0v) is 9.93. The van der Waals surface area contributed by atoms with Crippen LogP contribution in [0.25, 0.3) is 0 Å². The summed E-state index contributed by atoms with van der Waals surface area (Å²) in [5.41, 5.74) is 1.93. The molecule has 2 aliphatic rings. The van der Waals surface area contributed by atoms with Gasteiger partial charge in [-0.15, -0.1) is 0 Å². The van der Waals surface area contributed by atoms with E-state index >= 15 is 0 Å². The fourth-order valence-electron chi connectivity index (χ4n) is 2.14. The van der Waals surface area contributed by atoms with Gasteiger partial charge in [-0.05, 0) is 24.3 Å². The van der Waals surface area contributed by atoms with Crippen molar-refractivity contribution >= 4 is 23.4 Å². The zero-order valence-electron chi connectivity index (χ0n) is 9.17. The number of rotatable bonds is 1. The van der Waals surface area contributed by atoms with Crippen molar-refractivity contribution in [1.29, 1.82) is 0 Å². The minimum atomic E-state index is -0.245. The van der Waals surface area contributed by atoms with Crippen LogP contribution in [0.4, 0.5) is 0 Å². The molecule has 88 valence electrons. The van der Waals surface area contributed by atoms with Crippen LogP contribution in [-0.2, 0) is 9.59 Å². The third-order valence-corrected chi connectivity index (χ3v) is 2.83. The van der Waals surface area contributed by atoms with E-state index in [1.165, 1.54) is 30.9 Å². The first-order valence-electron chi connectivity index (χ1n) is 5.47. The molecule has 1 saturated carbocycles. The van der Waals surface area contributed by atoms with Gasteiger partial charge < -0.3 is 0 Å². The molecule has 16 heavy (non-hydrogen) atoms. The van der Waals surface area contributed by atoms with E-state index in [4.69, 9.17) is 11.6 Å². The number of carbonyl (C=O) groups excluding carboxylic acids is 2. The molecule has 1 heterocycles. The molecule has 0 spiro atoms. The predicted octanol–water partition coefficient (Wildman–Crippen LogP) is 2.52. The van der Waals surface area contributed by atoms with Crippen molar-refractivity contribution in [3.05, 3.63) is 23.8 Å². The van der Waals surface area contributed by atoms with E-state index in [-0.39, 0.29) is 11.8 Å². The van der Waals surface area contributed by atoms with Crippen LogP contribution in [0.15, 0.2) is 23.8 Å². The van der Waals surface area contributed by atoms with Gasteiger partial charge in [-0.25, -0.2) is 0 Å². The largest absolute Gasteiger partial charge is 0.289 e. The maximum Gasteiger partial charge on any atom is 0.254 e. The summed E-state index contributed by atoms with van der Waals surface area (Å²) in [7, 11) is 0. The Kier molecular flexibility index (Phi) is 5.26. The van der Waals surface area contributed by atoms with Crippen LogP contribution in [0.2, 0.25) is 0 Å². The van der Waals surface area contributed by atoms with E-state index in [1.54, 1.807) is 0 Å².